The molecule has 0 radical (unpaired) electrons. The van der Waals surface area contributed by atoms with Crippen LogP contribution < -0.4 is 5.32 Å². The fourth-order valence-corrected chi connectivity index (χ4v) is 2.65. The minimum Gasteiger partial charge on any atom is -0.379 e. The van der Waals surface area contributed by atoms with E-state index in [4.69, 9.17) is 4.74 Å². The van der Waals surface area contributed by atoms with Crippen LogP contribution in [0.5, 0.6) is 0 Å². The Balaban J connectivity index is 1.79. The maximum absolute atomic E-state index is 5.54. The van der Waals surface area contributed by atoms with E-state index in [1.165, 1.54) is 16.5 Å². The lowest BCUT2D eigenvalue weighted by molar-refractivity contribution is 0.0771. The number of hydrogen-bond acceptors (Lipinski definition) is 2. The van der Waals surface area contributed by atoms with Crippen LogP contribution in [-0.4, -0.2) is 30.4 Å². The van der Waals surface area contributed by atoms with Gasteiger partial charge in [0.25, 0.3) is 0 Å². The first-order valence-corrected chi connectivity index (χ1v) is 8.11. The van der Waals surface area contributed by atoms with E-state index < -0.39 is 0 Å². The van der Waals surface area contributed by atoms with Crippen molar-refractivity contribution in [2.45, 2.75) is 46.3 Å². The molecule has 0 unspecified atom stereocenters. The van der Waals surface area contributed by atoms with E-state index in [1.807, 2.05) is 0 Å². The Labute approximate surface area is 128 Å². The molecule has 0 atom stereocenters. The average molecular weight is 288 g/mol. The minimum absolute atomic E-state index is 0.337. The van der Waals surface area contributed by atoms with Crippen molar-refractivity contribution >= 4 is 10.9 Å². The second kappa shape index (κ2) is 8.20. The molecule has 0 spiro atoms. The summed E-state index contributed by atoms with van der Waals surface area (Å²) in [4.78, 5) is 0. The molecule has 1 heterocycles. The average Bonchev–Trinajstić information content (AvgIpc) is 2.89. The Morgan fingerprint density at radius 3 is 2.81 bits per heavy atom. The molecule has 0 aliphatic carbocycles. The van der Waals surface area contributed by atoms with Crippen molar-refractivity contribution in [3.8, 4) is 0 Å². The van der Waals surface area contributed by atoms with Crippen LogP contribution in [-0.2, 0) is 17.7 Å². The van der Waals surface area contributed by atoms with Gasteiger partial charge in [-0.3, -0.25) is 0 Å². The molecule has 2 rings (SSSR count). The molecule has 3 nitrogen and oxygen atoms in total. The van der Waals surface area contributed by atoms with Crippen molar-refractivity contribution in [2.75, 3.05) is 19.7 Å². The molecule has 0 aliphatic heterocycles. The normalized spacial score (nSPS) is 11.6. The molecule has 1 aromatic heterocycles. The van der Waals surface area contributed by atoms with Gasteiger partial charge in [-0.05, 0) is 50.2 Å². The Kier molecular flexibility index (Phi) is 6.27. The van der Waals surface area contributed by atoms with Crippen LogP contribution in [0.25, 0.3) is 10.9 Å². The summed E-state index contributed by atoms with van der Waals surface area (Å²) in [5.41, 5.74) is 2.83. The van der Waals surface area contributed by atoms with Crippen molar-refractivity contribution < 1.29 is 4.74 Å². The number of benzene rings is 1. The maximum atomic E-state index is 5.54. The number of fused-ring (bicyclic) bond motifs is 1. The highest BCUT2D eigenvalue weighted by Crippen LogP contribution is 2.20. The van der Waals surface area contributed by atoms with E-state index in [0.29, 0.717) is 6.10 Å². The van der Waals surface area contributed by atoms with Gasteiger partial charge in [0.15, 0.2) is 0 Å². The van der Waals surface area contributed by atoms with E-state index in [-0.39, 0.29) is 0 Å². The summed E-state index contributed by atoms with van der Waals surface area (Å²) in [5.74, 6) is 0. The first-order valence-electron chi connectivity index (χ1n) is 8.11. The Bertz CT molecular complexity index is 545. The number of para-hydroxylation sites is 1. The quantitative estimate of drug-likeness (QED) is 0.713. The zero-order valence-electron chi connectivity index (χ0n) is 13.6. The third-order valence-corrected chi connectivity index (χ3v) is 3.73. The Hall–Kier alpha value is -1.32. The van der Waals surface area contributed by atoms with Crippen LogP contribution in [0, 0.1) is 0 Å². The van der Waals surface area contributed by atoms with Crippen molar-refractivity contribution in [1.82, 2.24) is 9.88 Å². The van der Waals surface area contributed by atoms with Crippen LogP contribution in [0.1, 0.15) is 32.8 Å². The molecule has 0 bridgehead atoms. The highest BCUT2D eigenvalue weighted by atomic mass is 16.5. The highest BCUT2D eigenvalue weighted by molar-refractivity contribution is 5.83. The van der Waals surface area contributed by atoms with Gasteiger partial charge in [0, 0.05) is 25.9 Å². The first-order chi connectivity index (χ1) is 10.2. The first kappa shape index (κ1) is 16.1. The molecule has 1 aromatic carbocycles. The molecule has 3 heteroatoms. The van der Waals surface area contributed by atoms with Crippen molar-refractivity contribution in [3.05, 3.63) is 36.0 Å². The number of nitrogens with one attached hydrogen (secondary N) is 1. The number of rotatable bonds is 9. The molecular weight excluding hydrogens is 260 g/mol. The third kappa shape index (κ3) is 4.58. The van der Waals surface area contributed by atoms with Crippen LogP contribution in [0.3, 0.4) is 0 Å². The van der Waals surface area contributed by atoms with E-state index in [1.54, 1.807) is 0 Å². The van der Waals surface area contributed by atoms with Gasteiger partial charge in [-0.1, -0.05) is 25.1 Å². The van der Waals surface area contributed by atoms with Gasteiger partial charge in [0.1, 0.15) is 0 Å². The number of hydrogen-bond donors (Lipinski definition) is 1. The summed E-state index contributed by atoms with van der Waals surface area (Å²) in [6.07, 6.45) is 4.70. The standard InChI is InChI=1S/C18H28N2O/c1-4-16-7-5-8-17-9-12-20(18(16)17)13-11-19-10-6-14-21-15(2)3/h5,7-9,12,15,19H,4,6,10-11,13-14H2,1-3H3. The van der Waals surface area contributed by atoms with Crippen molar-refractivity contribution in [2.24, 2.45) is 0 Å². The molecular formula is C18H28N2O. The summed E-state index contributed by atoms with van der Waals surface area (Å²) in [5, 5.41) is 4.85. The molecule has 1 N–H and O–H groups in total. The molecule has 116 valence electrons. The van der Waals surface area contributed by atoms with Crippen LogP contribution >= 0.6 is 0 Å². The summed E-state index contributed by atoms with van der Waals surface area (Å²) in [7, 11) is 0. The van der Waals surface area contributed by atoms with E-state index >= 15 is 0 Å². The fourth-order valence-electron chi connectivity index (χ4n) is 2.65. The lowest BCUT2D eigenvalue weighted by Gasteiger charge is -2.10. The Morgan fingerprint density at radius 1 is 1.19 bits per heavy atom. The van der Waals surface area contributed by atoms with Gasteiger partial charge in [0.05, 0.1) is 11.6 Å². The summed E-state index contributed by atoms with van der Waals surface area (Å²) in [6, 6.07) is 8.79. The van der Waals surface area contributed by atoms with Gasteiger partial charge in [-0.15, -0.1) is 0 Å². The molecule has 0 saturated carbocycles. The second-order valence-electron chi connectivity index (χ2n) is 5.74. The van der Waals surface area contributed by atoms with E-state index in [0.717, 1.165) is 39.1 Å². The predicted octanol–water partition coefficient (Wildman–Crippen LogP) is 3.61. The minimum atomic E-state index is 0.337. The molecule has 0 amide bonds. The molecule has 0 saturated heterocycles. The van der Waals surface area contributed by atoms with Crippen LogP contribution in [0.2, 0.25) is 0 Å². The Morgan fingerprint density at radius 2 is 2.05 bits per heavy atom. The lowest BCUT2D eigenvalue weighted by atomic mass is 10.1. The second-order valence-corrected chi connectivity index (χ2v) is 5.74. The van der Waals surface area contributed by atoms with Gasteiger partial charge in [0.2, 0.25) is 0 Å². The monoisotopic (exact) mass is 288 g/mol. The largest absolute Gasteiger partial charge is 0.379 e. The van der Waals surface area contributed by atoms with Crippen molar-refractivity contribution in [3.63, 3.8) is 0 Å². The highest BCUT2D eigenvalue weighted by Gasteiger charge is 2.04. The number of aromatic nitrogens is 1. The van der Waals surface area contributed by atoms with Gasteiger partial charge in [-0.2, -0.15) is 0 Å². The smallest absolute Gasteiger partial charge is 0.0518 e. The number of ether oxygens (including phenoxy) is 1. The van der Waals surface area contributed by atoms with Crippen LogP contribution in [0.4, 0.5) is 0 Å². The molecule has 2 aromatic rings. The fraction of sp³-hybridized carbons (Fsp3) is 0.556. The van der Waals surface area contributed by atoms with E-state index in [2.05, 4.69) is 61.1 Å². The predicted molar refractivity (Wildman–Crippen MR) is 89.9 cm³/mol. The van der Waals surface area contributed by atoms with Gasteiger partial charge in [-0.25, -0.2) is 0 Å². The number of nitrogens with zero attached hydrogens (tertiary/aromatic N) is 1. The van der Waals surface area contributed by atoms with Crippen molar-refractivity contribution in [1.29, 1.82) is 0 Å². The molecule has 0 aliphatic rings. The lowest BCUT2D eigenvalue weighted by Crippen LogP contribution is -2.22. The van der Waals surface area contributed by atoms with E-state index in [9.17, 15) is 0 Å². The topological polar surface area (TPSA) is 26.2 Å². The van der Waals surface area contributed by atoms with Gasteiger partial charge < -0.3 is 14.6 Å². The summed E-state index contributed by atoms with van der Waals surface area (Å²) < 4.78 is 7.90. The molecule has 0 fully saturated rings. The van der Waals surface area contributed by atoms with Gasteiger partial charge >= 0.3 is 0 Å². The summed E-state index contributed by atoms with van der Waals surface area (Å²) >= 11 is 0. The number of aryl methyl sites for hydroxylation is 1. The summed E-state index contributed by atoms with van der Waals surface area (Å²) in [6.45, 7) is 10.3. The maximum Gasteiger partial charge on any atom is 0.0518 e. The zero-order chi connectivity index (χ0) is 15.1. The molecule has 21 heavy (non-hydrogen) atoms. The zero-order valence-corrected chi connectivity index (χ0v) is 13.6. The third-order valence-electron chi connectivity index (χ3n) is 3.73. The van der Waals surface area contributed by atoms with Crippen LogP contribution in [0.15, 0.2) is 30.5 Å². The SMILES string of the molecule is CCc1cccc2ccn(CCNCCCOC(C)C)c12.